The van der Waals surface area contributed by atoms with E-state index in [1.54, 1.807) is 37.3 Å². The number of carbonyl (C=O) groups excluding carboxylic acids is 2. The van der Waals surface area contributed by atoms with Crippen molar-refractivity contribution >= 4 is 52.5 Å². The SMILES string of the molecule is CNC(=O)[C@H](C)N(Cc1ccc(Cl)c(Cl)c1)C(=O)CSCc1ccc([N+](=O)[O-])cc1. The topological polar surface area (TPSA) is 92.6 Å². The number of nitrogens with zero attached hydrogens (tertiary/aromatic N) is 2. The highest BCUT2D eigenvalue weighted by molar-refractivity contribution is 7.99. The molecule has 0 saturated heterocycles. The van der Waals surface area contributed by atoms with E-state index in [2.05, 4.69) is 5.32 Å². The molecule has 2 rings (SSSR count). The zero-order valence-corrected chi connectivity index (χ0v) is 18.8. The number of nitro benzene ring substituents is 1. The first-order valence-electron chi connectivity index (χ1n) is 8.99. The summed E-state index contributed by atoms with van der Waals surface area (Å²) < 4.78 is 0. The molecule has 0 spiro atoms. The average molecular weight is 470 g/mol. The maximum absolute atomic E-state index is 12.9. The minimum Gasteiger partial charge on any atom is -0.357 e. The molecule has 0 aliphatic rings. The maximum atomic E-state index is 12.9. The fraction of sp³-hybridized carbons (Fsp3) is 0.300. The first kappa shape index (κ1) is 24.0. The predicted octanol–water partition coefficient (Wildman–Crippen LogP) is 4.30. The van der Waals surface area contributed by atoms with Gasteiger partial charge in [0.05, 0.1) is 20.7 Å². The van der Waals surface area contributed by atoms with Crippen LogP contribution >= 0.6 is 35.0 Å². The van der Waals surface area contributed by atoms with Gasteiger partial charge < -0.3 is 10.2 Å². The van der Waals surface area contributed by atoms with Crippen LogP contribution in [-0.2, 0) is 21.9 Å². The molecule has 0 radical (unpaired) electrons. The van der Waals surface area contributed by atoms with Gasteiger partial charge in [-0.25, -0.2) is 0 Å². The molecule has 2 aromatic carbocycles. The summed E-state index contributed by atoms with van der Waals surface area (Å²) in [7, 11) is 1.52. The Hall–Kier alpha value is -2.29. The highest BCUT2D eigenvalue weighted by atomic mass is 35.5. The van der Waals surface area contributed by atoms with Crippen molar-refractivity contribution in [3.05, 3.63) is 73.8 Å². The van der Waals surface area contributed by atoms with Crippen molar-refractivity contribution in [3.8, 4) is 0 Å². The first-order valence-corrected chi connectivity index (χ1v) is 10.9. The molecule has 10 heteroatoms. The van der Waals surface area contributed by atoms with E-state index in [0.717, 1.165) is 11.1 Å². The van der Waals surface area contributed by atoms with Crippen molar-refractivity contribution in [1.82, 2.24) is 10.2 Å². The molecule has 7 nitrogen and oxygen atoms in total. The van der Waals surface area contributed by atoms with Crippen LogP contribution in [0.1, 0.15) is 18.1 Å². The number of halogens is 2. The molecule has 2 aromatic rings. The number of hydrogen-bond acceptors (Lipinski definition) is 5. The molecular formula is C20H21Cl2N3O4S. The monoisotopic (exact) mass is 469 g/mol. The summed E-state index contributed by atoms with van der Waals surface area (Å²) in [4.78, 5) is 36.8. The van der Waals surface area contributed by atoms with E-state index in [1.165, 1.54) is 35.8 Å². The summed E-state index contributed by atoms with van der Waals surface area (Å²) in [6, 6.07) is 10.6. The lowest BCUT2D eigenvalue weighted by molar-refractivity contribution is -0.384. The van der Waals surface area contributed by atoms with Crippen molar-refractivity contribution in [2.75, 3.05) is 12.8 Å². The molecule has 0 saturated carbocycles. The Morgan fingerprint density at radius 1 is 1.13 bits per heavy atom. The van der Waals surface area contributed by atoms with Gasteiger partial charge >= 0.3 is 0 Å². The van der Waals surface area contributed by atoms with E-state index in [9.17, 15) is 19.7 Å². The number of rotatable bonds is 9. The Labute approximate surface area is 188 Å². The maximum Gasteiger partial charge on any atom is 0.269 e. The van der Waals surface area contributed by atoms with Crippen molar-refractivity contribution in [2.24, 2.45) is 0 Å². The van der Waals surface area contributed by atoms with E-state index in [4.69, 9.17) is 23.2 Å². The summed E-state index contributed by atoms with van der Waals surface area (Å²) >= 11 is 13.4. The van der Waals surface area contributed by atoms with Crippen LogP contribution in [0.15, 0.2) is 42.5 Å². The number of thioether (sulfide) groups is 1. The predicted molar refractivity (Wildman–Crippen MR) is 120 cm³/mol. The van der Waals surface area contributed by atoms with E-state index in [0.29, 0.717) is 15.8 Å². The Morgan fingerprint density at radius 3 is 2.33 bits per heavy atom. The van der Waals surface area contributed by atoms with Gasteiger partial charge in [0.25, 0.3) is 5.69 Å². The molecule has 0 fully saturated rings. The van der Waals surface area contributed by atoms with E-state index >= 15 is 0 Å². The van der Waals surface area contributed by atoms with Gasteiger partial charge in [0.15, 0.2) is 0 Å². The van der Waals surface area contributed by atoms with Crippen LogP contribution < -0.4 is 5.32 Å². The van der Waals surface area contributed by atoms with Crippen LogP contribution in [0.25, 0.3) is 0 Å². The Bertz CT molecular complexity index is 925. The van der Waals surface area contributed by atoms with E-state index in [-0.39, 0.29) is 29.8 Å². The van der Waals surface area contributed by atoms with Crippen molar-refractivity contribution in [1.29, 1.82) is 0 Å². The molecule has 0 aliphatic carbocycles. The summed E-state index contributed by atoms with van der Waals surface area (Å²) in [5.74, 6) is 0.186. The zero-order valence-electron chi connectivity index (χ0n) is 16.4. The second-order valence-corrected chi connectivity index (χ2v) is 8.28. The fourth-order valence-electron chi connectivity index (χ4n) is 2.68. The Balaban J connectivity index is 2.05. The van der Waals surface area contributed by atoms with Gasteiger partial charge in [0, 0.05) is 31.5 Å². The molecule has 0 heterocycles. The first-order chi connectivity index (χ1) is 14.2. The van der Waals surface area contributed by atoms with Crippen LogP contribution in [0, 0.1) is 10.1 Å². The van der Waals surface area contributed by atoms with Gasteiger partial charge in [-0.15, -0.1) is 11.8 Å². The molecule has 1 N–H and O–H groups in total. The van der Waals surface area contributed by atoms with Crippen LogP contribution in [0.4, 0.5) is 5.69 Å². The van der Waals surface area contributed by atoms with Crippen LogP contribution in [0.2, 0.25) is 10.0 Å². The largest absolute Gasteiger partial charge is 0.357 e. The lowest BCUT2D eigenvalue weighted by Gasteiger charge is -2.28. The molecular weight excluding hydrogens is 449 g/mol. The smallest absolute Gasteiger partial charge is 0.269 e. The minimum absolute atomic E-state index is 0.0204. The van der Waals surface area contributed by atoms with Crippen LogP contribution in [0.3, 0.4) is 0 Å². The van der Waals surface area contributed by atoms with Gasteiger partial charge in [-0.1, -0.05) is 41.4 Å². The molecule has 1 atom stereocenters. The zero-order chi connectivity index (χ0) is 22.3. The van der Waals surface area contributed by atoms with Gasteiger partial charge in [0.1, 0.15) is 6.04 Å². The fourth-order valence-corrected chi connectivity index (χ4v) is 3.87. The number of amides is 2. The minimum atomic E-state index is -0.670. The molecule has 2 amide bonds. The van der Waals surface area contributed by atoms with Crippen LogP contribution in [-0.4, -0.2) is 40.5 Å². The van der Waals surface area contributed by atoms with Gasteiger partial charge in [-0.05, 0) is 30.2 Å². The van der Waals surface area contributed by atoms with E-state index in [1.807, 2.05) is 0 Å². The van der Waals surface area contributed by atoms with Crippen molar-refractivity contribution in [3.63, 3.8) is 0 Å². The summed E-state index contributed by atoms with van der Waals surface area (Å²) in [5.41, 5.74) is 1.65. The molecule has 160 valence electrons. The number of non-ortho nitro benzene ring substituents is 1. The summed E-state index contributed by atoms with van der Waals surface area (Å²) in [6.07, 6.45) is 0. The number of hydrogen-bond donors (Lipinski definition) is 1. The third kappa shape index (κ3) is 6.62. The standard InChI is InChI=1S/C20H21Cl2N3O4S/c1-13(20(27)23-2)24(10-15-5-8-17(21)18(22)9-15)19(26)12-30-11-14-3-6-16(7-4-14)25(28)29/h3-9,13H,10-12H2,1-2H3,(H,23,27)/t13-/m0/s1. The summed E-state index contributed by atoms with van der Waals surface area (Å²) in [6.45, 7) is 1.87. The van der Waals surface area contributed by atoms with Gasteiger partial charge in [-0.3, -0.25) is 19.7 Å². The number of likely N-dealkylation sites (N-methyl/N-ethyl adjacent to an activating group) is 1. The molecule has 0 bridgehead atoms. The molecule has 0 aromatic heterocycles. The second-order valence-electron chi connectivity index (χ2n) is 6.48. The highest BCUT2D eigenvalue weighted by Gasteiger charge is 2.25. The quantitative estimate of drug-likeness (QED) is 0.436. The third-order valence-electron chi connectivity index (χ3n) is 4.39. The number of carbonyl (C=O) groups is 2. The van der Waals surface area contributed by atoms with Crippen molar-refractivity contribution < 1.29 is 14.5 Å². The summed E-state index contributed by atoms with van der Waals surface area (Å²) in [5, 5.41) is 14.1. The second kappa shape index (κ2) is 11.2. The lowest BCUT2D eigenvalue weighted by Crippen LogP contribution is -2.47. The normalized spacial score (nSPS) is 11.6. The highest BCUT2D eigenvalue weighted by Crippen LogP contribution is 2.24. The van der Waals surface area contributed by atoms with Crippen LogP contribution in [0.5, 0.6) is 0 Å². The number of nitrogens with one attached hydrogen (secondary N) is 1. The lowest BCUT2D eigenvalue weighted by atomic mass is 10.1. The van der Waals surface area contributed by atoms with Crippen molar-refractivity contribution in [2.45, 2.75) is 25.3 Å². The third-order valence-corrected chi connectivity index (χ3v) is 6.12. The van der Waals surface area contributed by atoms with Gasteiger partial charge in [-0.2, -0.15) is 0 Å². The molecule has 30 heavy (non-hydrogen) atoms. The average Bonchev–Trinajstić information content (AvgIpc) is 2.73. The van der Waals surface area contributed by atoms with E-state index < -0.39 is 11.0 Å². The van der Waals surface area contributed by atoms with Gasteiger partial charge in [0.2, 0.25) is 11.8 Å². The molecule has 0 unspecified atom stereocenters. The number of nitro groups is 1. The number of benzene rings is 2. The Morgan fingerprint density at radius 2 is 1.77 bits per heavy atom. The molecule has 0 aliphatic heterocycles. The Kier molecular flexibility index (Phi) is 8.95.